The van der Waals surface area contributed by atoms with Gasteiger partial charge in [0.05, 0.1) is 6.54 Å². The second-order valence-electron chi connectivity index (χ2n) is 5.69. The molecule has 1 atom stereocenters. The number of carbonyl (C=O) groups excluding carboxylic acids is 2. The summed E-state index contributed by atoms with van der Waals surface area (Å²) in [6, 6.07) is 11.3. The minimum absolute atomic E-state index is 0.0886. The largest absolute Gasteiger partial charge is 0.354 e. The van der Waals surface area contributed by atoms with E-state index in [2.05, 4.69) is 15.7 Å². The third-order valence-corrected chi connectivity index (χ3v) is 3.56. The number of nitrogens with one attached hydrogen (secondary N) is 2. The highest BCUT2D eigenvalue weighted by Gasteiger charge is 2.17. The molecule has 25 heavy (non-hydrogen) atoms. The highest BCUT2D eigenvalue weighted by Crippen LogP contribution is 2.00. The zero-order chi connectivity index (χ0) is 18.2. The van der Waals surface area contributed by atoms with Gasteiger partial charge in [-0.2, -0.15) is 5.10 Å². The third kappa shape index (κ3) is 5.27. The first-order valence-corrected chi connectivity index (χ1v) is 8.22. The normalized spacial score (nSPS) is 11.6. The number of benzene rings is 1. The van der Waals surface area contributed by atoms with E-state index in [1.165, 1.54) is 16.8 Å². The van der Waals surface area contributed by atoms with Crippen molar-refractivity contribution in [3.63, 3.8) is 0 Å². The Hall–Kier alpha value is -2.96. The molecule has 7 heteroatoms. The summed E-state index contributed by atoms with van der Waals surface area (Å²) in [5, 5.41) is 9.40. The molecule has 2 amide bonds. The monoisotopic (exact) mass is 342 g/mol. The second-order valence-corrected chi connectivity index (χ2v) is 5.69. The quantitative estimate of drug-likeness (QED) is 0.783. The molecule has 0 aliphatic rings. The van der Waals surface area contributed by atoms with Crippen LogP contribution in [0.15, 0.2) is 47.3 Å². The Kier molecular flexibility index (Phi) is 6.45. The van der Waals surface area contributed by atoms with Gasteiger partial charge in [0.1, 0.15) is 11.7 Å². The smallest absolute Gasteiger partial charge is 0.272 e. The Morgan fingerprint density at radius 2 is 1.88 bits per heavy atom. The Morgan fingerprint density at radius 3 is 2.56 bits per heavy atom. The molecular formula is C18H22N4O3. The first-order valence-electron chi connectivity index (χ1n) is 8.22. The summed E-state index contributed by atoms with van der Waals surface area (Å²) in [5.41, 5.74) is 0.696. The highest BCUT2D eigenvalue weighted by atomic mass is 16.2. The van der Waals surface area contributed by atoms with Gasteiger partial charge in [-0.15, -0.1) is 0 Å². The molecule has 0 saturated carbocycles. The number of rotatable bonds is 7. The Balaban J connectivity index is 2.09. The van der Waals surface area contributed by atoms with Crippen LogP contribution in [-0.2, 0) is 11.3 Å². The Morgan fingerprint density at radius 1 is 1.16 bits per heavy atom. The number of hydrogen-bond donors (Lipinski definition) is 2. The van der Waals surface area contributed by atoms with Gasteiger partial charge in [-0.1, -0.05) is 37.3 Å². The molecular weight excluding hydrogens is 320 g/mol. The number of carbonyl (C=O) groups is 2. The van der Waals surface area contributed by atoms with E-state index in [4.69, 9.17) is 0 Å². The average Bonchev–Trinajstić information content (AvgIpc) is 2.62. The molecule has 7 nitrogen and oxygen atoms in total. The van der Waals surface area contributed by atoms with E-state index in [-0.39, 0.29) is 23.7 Å². The molecule has 0 aliphatic heterocycles. The average molecular weight is 342 g/mol. The lowest BCUT2D eigenvalue weighted by atomic mass is 10.2. The second kappa shape index (κ2) is 8.77. The van der Waals surface area contributed by atoms with Crippen LogP contribution in [0.2, 0.25) is 0 Å². The predicted molar refractivity (Wildman–Crippen MR) is 94.3 cm³/mol. The number of hydrogen-bond acceptors (Lipinski definition) is 4. The minimum atomic E-state index is -0.685. The lowest BCUT2D eigenvalue weighted by Crippen LogP contribution is -2.45. The maximum absolute atomic E-state index is 12.3. The lowest BCUT2D eigenvalue weighted by Gasteiger charge is -2.14. The molecule has 0 fully saturated rings. The summed E-state index contributed by atoms with van der Waals surface area (Å²) in [6.07, 6.45) is 0.818. The standard InChI is InChI=1S/C18H22N4O3/c1-3-11-19-17(24)13(2)20-18(25)15-9-10-16(23)22(21-15)12-14-7-5-4-6-8-14/h4-10,13H,3,11-12H2,1-2H3,(H,19,24)(H,20,25)/t13-/m0/s1. The van der Waals surface area contributed by atoms with E-state index in [0.717, 1.165) is 12.0 Å². The first kappa shape index (κ1) is 18.4. The molecule has 1 aromatic carbocycles. The van der Waals surface area contributed by atoms with E-state index in [9.17, 15) is 14.4 Å². The van der Waals surface area contributed by atoms with Crippen molar-refractivity contribution in [2.75, 3.05) is 6.54 Å². The van der Waals surface area contributed by atoms with Gasteiger partial charge < -0.3 is 10.6 Å². The molecule has 2 aromatic rings. The summed E-state index contributed by atoms with van der Waals surface area (Å²) in [5.74, 6) is -0.756. The predicted octanol–water partition coefficient (Wildman–Crippen LogP) is 0.936. The van der Waals surface area contributed by atoms with Crippen molar-refractivity contribution in [1.29, 1.82) is 0 Å². The van der Waals surface area contributed by atoms with Crippen LogP contribution in [0, 0.1) is 0 Å². The van der Waals surface area contributed by atoms with E-state index in [1.807, 2.05) is 37.3 Å². The maximum Gasteiger partial charge on any atom is 0.272 e. The van der Waals surface area contributed by atoms with Gasteiger partial charge in [0.2, 0.25) is 5.91 Å². The van der Waals surface area contributed by atoms with E-state index >= 15 is 0 Å². The van der Waals surface area contributed by atoms with E-state index in [0.29, 0.717) is 6.54 Å². The van der Waals surface area contributed by atoms with Crippen LogP contribution in [0.1, 0.15) is 36.3 Å². The van der Waals surface area contributed by atoms with Crippen molar-refractivity contribution in [2.45, 2.75) is 32.9 Å². The summed E-state index contributed by atoms with van der Waals surface area (Å²) in [6.45, 7) is 4.37. The summed E-state index contributed by atoms with van der Waals surface area (Å²) < 4.78 is 1.23. The fourth-order valence-electron chi connectivity index (χ4n) is 2.18. The van der Waals surface area contributed by atoms with Crippen molar-refractivity contribution in [3.8, 4) is 0 Å². The van der Waals surface area contributed by atoms with Crippen LogP contribution in [0.4, 0.5) is 0 Å². The fraction of sp³-hybridized carbons (Fsp3) is 0.333. The summed E-state index contributed by atoms with van der Waals surface area (Å²) >= 11 is 0. The van der Waals surface area contributed by atoms with Crippen LogP contribution >= 0.6 is 0 Å². The zero-order valence-corrected chi connectivity index (χ0v) is 14.4. The zero-order valence-electron chi connectivity index (χ0n) is 14.4. The van der Waals surface area contributed by atoms with Crippen molar-refractivity contribution in [3.05, 3.63) is 64.1 Å². The molecule has 0 bridgehead atoms. The van der Waals surface area contributed by atoms with Crippen molar-refractivity contribution in [2.24, 2.45) is 0 Å². The molecule has 0 saturated heterocycles. The van der Waals surface area contributed by atoms with Gasteiger partial charge in [-0.3, -0.25) is 14.4 Å². The van der Waals surface area contributed by atoms with E-state index < -0.39 is 11.9 Å². The summed E-state index contributed by atoms with van der Waals surface area (Å²) in [4.78, 5) is 36.1. The van der Waals surface area contributed by atoms with Crippen LogP contribution in [0.25, 0.3) is 0 Å². The topological polar surface area (TPSA) is 93.1 Å². The summed E-state index contributed by atoms with van der Waals surface area (Å²) in [7, 11) is 0. The van der Waals surface area contributed by atoms with Gasteiger partial charge in [-0.25, -0.2) is 4.68 Å². The fourth-order valence-corrected chi connectivity index (χ4v) is 2.18. The molecule has 1 heterocycles. The van der Waals surface area contributed by atoms with Gasteiger partial charge >= 0.3 is 0 Å². The Bertz CT molecular complexity index is 786. The van der Waals surface area contributed by atoms with Crippen molar-refractivity contribution >= 4 is 11.8 Å². The van der Waals surface area contributed by atoms with Gasteiger partial charge in [0.15, 0.2) is 0 Å². The maximum atomic E-state index is 12.3. The van der Waals surface area contributed by atoms with E-state index in [1.54, 1.807) is 6.92 Å². The SMILES string of the molecule is CCCNC(=O)[C@H](C)NC(=O)c1ccc(=O)n(Cc2ccccc2)n1. The van der Waals surface area contributed by atoms with Crippen LogP contribution < -0.4 is 16.2 Å². The molecule has 0 radical (unpaired) electrons. The lowest BCUT2D eigenvalue weighted by molar-refractivity contribution is -0.122. The highest BCUT2D eigenvalue weighted by molar-refractivity contribution is 5.95. The van der Waals surface area contributed by atoms with Gasteiger partial charge in [-0.05, 0) is 25.0 Å². The van der Waals surface area contributed by atoms with Gasteiger partial charge in [0.25, 0.3) is 11.5 Å². The number of amides is 2. The molecule has 2 rings (SSSR count). The Labute approximate surface area is 146 Å². The number of aromatic nitrogens is 2. The van der Waals surface area contributed by atoms with Crippen LogP contribution in [-0.4, -0.2) is 34.2 Å². The van der Waals surface area contributed by atoms with Gasteiger partial charge in [0, 0.05) is 12.6 Å². The molecule has 0 spiro atoms. The molecule has 132 valence electrons. The first-order chi connectivity index (χ1) is 12.0. The number of nitrogens with zero attached hydrogens (tertiary/aromatic N) is 2. The molecule has 2 N–H and O–H groups in total. The van der Waals surface area contributed by atoms with Crippen molar-refractivity contribution < 1.29 is 9.59 Å². The molecule has 1 aromatic heterocycles. The molecule has 0 unspecified atom stereocenters. The van der Waals surface area contributed by atoms with Crippen LogP contribution in [0.5, 0.6) is 0 Å². The van der Waals surface area contributed by atoms with Crippen molar-refractivity contribution in [1.82, 2.24) is 20.4 Å². The molecule has 0 aliphatic carbocycles. The minimum Gasteiger partial charge on any atom is -0.354 e. The third-order valence-electron chi connectivity index (χ3n) is 3.56. The van der Waals surface area contributed by atoms with Crippen LogP contribution in [0.3, 0.4) is 0 Å².